The lowest BCUT2D eigenvalue weighted by Gasteiger charge is -1.88. The van der Waals surface area contributed by atoms with E-state index < -0.39 is 0 Å². The minimum Gasteiger partial charge on any atom is -0.373 e. The number of carbonyl (C=O) groups is 2. The summed E-state index contributed by atoms with van der Waals surface area (Å²) in [5.74, 6) is -0.601. The van der Waals surface area contributed by atoms with E-state index in [2.05, 4.69) is 12.2 Å². The molecule has 78 valence electrons. The van der Waals surface area contributed by atoms with E-state index in [0.29, 0.717) is 17.2 Å². The van der Waals surface area contributed by atoms with Crippen molar-refractivity contribution in [1.82, 2.24) is 5.32 Å². The molecule has 1 aromatic carbocycles. The number of nitrogens with one attached hydrogen (secondary N) is 1. The SMILES string of the molecule is CC1CO1.O=C1NC(=O)c2ccccc21. The lowest BCUT2D eigenvalue weighted by molar-refractivity contribution is 0.0879. The Morgan fingerprint density at radius 3 is 1.93 bits per heavy atom. The molecule has 0 saturated carbocycles. The summed E-state index contributed by atoms with van der Waals surface area (Å²) < 4.78 is 4.71. The largest absolute Gasteiger partial charge is 0.373 e. The van der Waals surface area contributed by atoms with Gasteiger partial charge < -0.3 is 4.74 Å². The third-order valence-electron chi connectivity index (χ3n) is 2.14. The van der Waals surface area contributed by atoms with Crippen molar-refractivity contribution in [2.45, 2.75) is 13.0 Å². The first kappa shape index (κ1) is 9.86. The van der Waals surface area contributed by atoms with Gasteiger partial charge in [-0.05, 0) is 19.1 Å². The number of benzene rings is 1. The third kappa shape index (κ3) is 2.22. The molecular weight excluding hydrogens is 194 g/mol. The minimum atomic E-state index is -0.300. The molecule has 2 amide bonds. The van der Waals surface area contributed by atoms with Crippen LogP contribution < -0.4 is 5.32 Å². The van der Waals surface area contributed by atoms with Crippen LogP contribution in [0.5, 0.6) is 0 Å². The molecule has 0 aliphatic carbocycles. The smallest absolute Gasteiger partial charge is 0.258 e. The molecule has 1 N–H and O–H groups in total. The van der Waals surface area contributed by atoms with Crippen LogP contribution in [0.25, 0.3) is 0 Å². The van der Waals surface area contributed by atoms with Crippen LogP contribution in [-0.2, 0) is 4.74 Å². The topological polar surface area (TPSA) is 58.7 Å². The molecule has 0 bridgehead atoms. The monoisotopic (exact) mass is 205 g/mol. The van der Waals surface area contributed by atoms with E-state index in [1.807, 2.05) is 0 Å². The molecule has 1 aromatic rings. The number of rotatable bonds is 0. The van der Waals surface area contributed by atoms with E-state index in [4.69, 9.17) is 4.74 Å². The molecule has 2 aliphatic heterocycles. The fourth-order valence-electron chi connectivity index (χ4n) is 1.21. The quantitative estimate of drug-likeness (QED) is 0.507. The van der Waals surface area contributed by atoms with Crippen molar-refractivity contribution in [2.24, 2.45) is 0 Å². The van der Waals surface area contributed by atoms with Crippen molar-refractivity contribution >= 4 is 11.8 Å². The third-order valence-corrected chi connectivity index (χ3v) is 2.14. The van der Waals surface area contributed by atoms with Crippen LogP contribution in [0.15, 0.2) is 24.3 Å². The standard InChI is InChI=1S/C8H5NO2.C3H6O/c10-7-5-3-1-2-4-6(5)8(11)9-7;1-3-2-4-3/h1-4H,(H,9,10,11);3H,2H2,1H3. The van der Waals surface area contributed by atoms with Crippen molar-refractivity contribution in [3.63, 3.8) is 0 Å². The summed E-state index contributed by atoms with van der Waals surface area (Å²) in [5.41, 5.74) is 0.940. The summed E-state index contributed by atoms with van der Waals surface area (Å²) in [6, 6.07) is 6.74. The normalized spacial score (nSPS) is 21.3. The number of imide groups is 1. The van der Waals surface area contributed by atoms with E-state index in [-0.39, 0.29) is 11.8 Å². The predicted molar refractivity (Wildman–Crippen MR) is 53.7 cm³/mol. The van der Waals surface area contributed by atoms with Crippen molar-refractivity contribution in [2.75, 3.05) is 6.61 Å². The highest BCUT2D eigenvalue weighted by atomic mass is 16.6. The van der Waals surface area contributed by atoms with Crippen LogP contribution in [0.3, 0.4) is 0 Å². The first-order valence-corrected chi connectivity index (χ1v) is 4.75. The Balaban J connectivity index is 0.000000179. The van der Waals surface area contributed by atoms with E-state index in [1.54, 1.807) is 24.3 Å². The number of ether oxygens (including phenoxy) is 1. The fourth-order valence-corrected chi connectivity index (χ4v) is 1.21. The number of epoxide rings is 1. The Morgan fingerprint density at radius 2 is 1.60 bits per heavy atom. The number of hydrogen-bond acceptors (Lipinski definition) is 3. The maximum atomic E-state index is 10.9. The molecule has 1 unspecified atom stereocenters. The zero-order valence-electron chi connectivity index (χ0n) is 8.32. The number of fused-ring (bicyclic) bond motifs is 1. The van der Waals surface area contributed by atoms with Gasteiger partial charge in [-0.15, -0.1) is 0 Å². The molecule has 0 spiro atoms. The van der Waals surface area contributed by atoms with Crippen LogP contribution in [0, 0.1) is 0 Å². The molecule has 0 radical (unpaired) electrons. The van der Waals surface area contributed by atoms with Gasteiger partial charge in [-0.2, -0.15) is 0 Å². The maximum Gasteiger partial charge on any atom is 0.258 e. The Hall–Kier alpha value is -1.68. The van der Waals surface area contributed by atoms with Gasteiger partial charge >= 0.3 is 0 Å². The zero-order valence-corrected chi connectivity index (χ0v) is 8.32. The van der Waals surface area contributed by atoms with Crippen molar-refractivity contribution in [3.8, 4) is 0 Å². The van der Waals surface area contributed by atoms with Crippen LogP contribution >= 0.6 is 0 Å². The zero-order chi connectivity index (χ0) is 10.8. The molecule has 1 fully saturated rings. The Labute approximate surface area is 87.2 Å². The van der Waals surface area contributed by atoms with Crippen molar-refractivity contribution < 1.29 is 14.3 Å². The highest BCUT2D eigenvalue weighted by molar-refractivity contribution is 6.21. The van der Waals surface area contributed by atoms with Gasteiger partial charge in [-0.3, -0.25) is 14.9 Å². The second-order valence-electron chi connectivity index (χ2n) is 3.47. The molecule has 1 atom stereocenters. The molecule has 4 nitrogen and oxygen atoms in total. The second kappa shape index (κ2) is 3.82. The Kier molecular flexibility index (Phi) is 2.51. The fraction of sp³-hybridized carbons (Fsp3) is 0.273. The summed E-state index contributed by atoms with van der Waals surface area (Å²) in [6.07, 6.45) is 0.583. The van der Waals surface area contributed by atoms with Crippen LogP contribution in [-0.4, -0.2) is 24.5 Å². The number of carbonyl (C=O) groups excluding carboxylic acids is 2. The van der Waals surface area contributed by atoms with Gasteiger partial charge in [0.1, 0.15) is 0 Å². The lowest BCUT2D eigenvalue weighted by Crippen LogP contribution is -2.19. The first-order chi connectivity index (χ1) is 7.18. The summed E-state index contributed by atoms with van der Waals surface area (Å²) in [4.78, 5) is 21.9. The van der Waals surface area contributed by atoms with Gasteiger partial charge in [0.25, 0.3) is 11.8 Å². The average molecular weight is 205 g/mol. The maximum absolute atomic E-state index is 10.9. The van der Waals surface area contributed by atoms with E-state index in [0.717, 1.165) is 6.61 Å². The Bertz CT molecular complexity index is 377. The first-order valence-electron chi connectivity index (χ1n) is 4.75. The Morgan fingerprint density at radius 1 is 1.20 bits per heavy atom. The highest BCUT2D eigenvalue weighted by Crippen LogP contribution is 2.13. The number of amides is 2. The van der Waals surface area contributed by atoms with E-state index >= 15 is 0 Å². The van der Waals surface area contributed by atoms with Crippen molar-refractivity contribution in [1.29, 1.82) is 0 Å². The average Bonchev–Trinajstić information content (AvgIpc) is 2.95. The van der Waals surface area contributed by atoms with Crippen molar-refractivity contribution in [3.05, 3.63) is 35.4 Å². The summed E-state index contributed by atoms with van der Waals surface area (Å²) in [5, 5.41) is 2.20. The summed E-state index contributed by atoms with van der Waals surface area (Å²) in [7, 11) is 0. The molecule has 1 saturated heterocycles. The number of hydrogen-bond donors (Lipinski definition) is 1. The highest BCUT2D eigenvalue weighted by Gasteiger charge is 2.25. The van der Waals surface area contributed by atoms with Crippen LogP contribution in [0.1, 0.15) is 27.6 Å². The summed E-state index contributed by atoms with van der Waals surface area (Å²) >= 11 is 0. The molecule has 15 heavy (non-hydrogen) atoms. The van der Waals surface area contributed by atoms with E-state index in [9.17, 15) is 9.59 Å². The van der Waals surface area contributed by atoms with Gasteiger partial charge in [0.15, 0.2) is 0 Å². The van der Waals surface area contributed by atoms with Gasteiger partial charge in [-0.25, -0.2) is 0 Å². The minimum absolute atomic E-state index is 0.300. The molecule has 2 heterocycles. The van der Waals surface area contributed by atoms with Gasteiger partial charge in [0, 0.05) is 0 Å². The predicted octanol–water partition coefficient (Wildman–Crippen LogP) is 0.975. The molecule has 4 heteroatoms. The lowest BCUT2D eigenvalue weighted by atomic mass is 10.1. The van der Waals surface area contributed by atoms with Gasteiger partial charge in [-0.1, -0.05) is 12.1 Å². The molecule has 0 aromatic heterocycles. The molecule has 2 aliphatic rings. The molecular formula is C11H11NO3. The van der Waals surface area contributed by atoms with Gasteiger partial charge in [0.05, 0.1) is 23.8 Å². The second-order valence-corrected chi connectivity index (χ2v) is 3.47. The van der Waals surface area contributed by atoms with Crippen LogP contribution in [0.2, 0.25) is 0 Å². The molecule has 3 rings (SSSR count). The van der Waals surface area contributed by atoms with Gasteiger partial charge in [0.2, 0.25) is 0 Å². The van der Waals surface area contributed by atoms with Crippen LogP contribution in [0.4, 0.5) is 0 Å². The summed E-state index contributed by atoms with van der Waals surface area (Å²) in [6.45, 7) is 3.04. The van der Waals surface area contributed by atoms with E-state index in [1.165, 1.54) is 0 Å².